The second-order valence-corrected chi connectivity index (χ2v) is 7.22. The van der Waals surface area contributed by atoms with Crippen LogP contribution in [0, 0.1) is 11.3 Å². The molecule has 1 unspecified atom stereocenters. The summed E-state index contributed by atoms with van der Waals surface area (Å²) in [6.45, 7) is 0. The quantitative estimate of drug-likeness (QED) is 0.582. The van der Waals surface area contributed by atoms with Gasteiger partial charge in [0.2, 0.25) is 0 Å². The molecule has 0 saturated heterocycles. The summed E-state index contributed by atoms with van der Waals surface area (Å²) >= 11 is 5.43. The van der Waals surface area contributed by atoms with Crippen molar-refractivity contribution >= 4 is 40.1 Å². The normalized spacial score (nSPS) is 19.3. The number of rotatable bonds is 3. The van der Waals surface area contributed by atoms with Crippen LogP contribution in [0.2, 0.25) is 0 Å². The number of benzene rings is 1. The molecule has 0 aromatic heterocycles. The molecule has 1 aromatic carbocycles. The molecule has 5 nitrogen and oxygen atoms in total. The molecule has 8 heteroatoms. The van der Waals surface area contributed by atoms with E-state index in [1.807, 2.05) is 0 Å². The summed E-state index contributed by atoms with van der Waals surface area (Å²) in [7, 11) is -3.33. The first-order valence-electron chi connectivity index (χ1n) is 5.24. The molecule has 0 radical (unpaired) electrons. The molecule has 0 fully saturated rings. The van der Waals surface area contributed by atoms with Crippen molar-refractivity contribution in [1.82, 2.24) is 4.72 Å². The summed E-state index contributed by atoms with van der Waals surface area (Å²) in [4.78, 5) is 0.197. The van der Waals surface area contributed by atoms with Crippen molar-refractivity contribution in [2.45, 2.75) is 10.3 Å². The maximum absolute atomic E-state index is 11.7. The van der Waals surface area contributed by atoms with E-state index in [1.54, 1.807) is 18.2 Å². The first-order chi connectivity index (χ1) is 8.93. The number of hydrogen-bond acceptors (Lipinski definition) is 7. The van der Waals surface area contributed by atoms with Gasteiger partial charge in [0, 0.05) is 6.26 Å². The molecule has 100 valence electrons. The van der Waals surface area contributed by atoms with Gasteiger partial charge in [0.1, 0.15) is 11.1 Å². The molecule has 1 atom stereocenters. The van der Waals surface area contributed by atoms with Crippen LogP contribution in [0.1, 0.15) is 0 Å². The highest BCUT2D eigenvalue weighted by Gasteiger charge is 2.24. The van der Waals surface area contributed by atoms with E-state index in [-0.39, 0.29) is 10.3 Å². The monoisotopic (exact) mass is 313 g/mol. The van der Waals surface area contributed by atoms with Gasteiger partial charge in [0.05, 0.1) is 21.5 Å². The van der Waals surface area contributed by atoms with E-state index in [9.17, 15) is 8.42 Å². The van der Waals surface area contributed by atoms with E-state index in [1.165, 1.54) is 18.0 Å². The molecule has 0 amide bonds. The van der Waals surface area contributed by atoms with E-state index in [2.05, 4.69) is 28.7 Å². The minimum absolute atomic E-state index is 0.197. The molecule has 1 aliphatic heterocycles. The SMILES string of the molecule is CS(=O)(=O)c1ccccc1NC1=C(C#N)C(S)NS1. The lowest BCUT2D eigenvalue weighted by Crippen LogP contribution is -2.11. The standard InChI is InChI=1S/C11H11N3O2S3/c1-19(15,16)9-5-3-2-4-8(9)13-11-7(6-12)10(17)14-18-11/h2-5,10,13-14,17H,1H3. The van der Waals surface area contributed by atoms with Crippen LogP contribution in [-0.4, -0.2) is 20.0 Å². The third kappa shape index (κ3) is 3.06. The molecule has 2 rings (SSSR count). The fourth-order valence-corrected chi connectivity index (χ4v) is 3.63. The highest BCUT2D eigenvalue weighted by Crippen LogP contribution is 2.32. The fraction of sp³-hybridized carbons (Fsp3) is 0.182. The summed E-state index contributed by atoms with van der Waals surface area (Å²) in [6.07, 6.45) is 1.15. The first-order valence-corrected chi connectivity index (χ1v) is 8.46. The highest BCUT2D eigenvalue weighted by atomic mass is 32.2. The molecule has 1 heterocycles. The van der Waals surface area contributed by atoms with Gasteiger partial charge in [0.25, 0.3) is 0 Å². The van der Waals surface area contributed by atoms with Crippen molar-refractivity contribution in [3.63, 3.8) is 0 Å². The number of anilines is 1. The van der Waals surface area contributed by atoms with Crippen LogP contribution in [0.3, 0.4) is 0 Å². The minimum atomic E-state index is -3.33. The Labute approximate surface area is 121 Å². The Bertz CT molecular complexity index is 677. The molecular formula is C11H11N3O2S3. The van der Waals surface area contributed by atoms with Gasteiger partial charge in [-0.15, -0.1) is 0 Å². The van der Waals surface area contributed by atoms with Crippen molar-refractivity contribution in [3.05, 3.63) is 34.9 Å². The largest absolute Gasteiger partial charge is 0.347 e. The number of nitrogens with zero attached hydrogens (tertiary/aromatic N) is 1. The molecular weight excluding hydrogens is 302 g/mol. The van der Waals surface area contributed by atoms with Crippen molar-refractivity contribution < 1.29 is 8.42 Å². The smallest absolute Gasteiger partial charge is 0.177 e. The van der Waals surface area contributed by atoms with Gasteiger partial charge in [0.15, 0.2) is 9.84 Å². The molecule has 0 saturated carbocycles. The zero-order chi connectivity index (χ0) is 14.0. The number of nitrogens with one attached hydrogen (secondary N) is 2. The second kappa shape index (κ2) is 5.46. The molecule has 2 N–H and O–H groups in total. The Morgan fingerprint density at radius 3 is 2.79 bits per heavy atom. The lowest BCUT2D eigenvalue weighted by Gasteiger charge is -2.10. The number of hydrogen-bond donors (Lipinski definition) is 3. The topological polar surface area (TPSA) is 82.0 Å². The molecule has 0 aliphatic carbocycles. The molecule has 0 bridgehead atoms. The van der Waals surface area contributed by atoms with Gasteiger partial charge in [-0.3, -0.25) is 0 Å². The third-order valence-electron chi connectivity index (χ3n) is 2.45. The van der Waals surface area contributed by atoms with Crippen LogP contribution in [0.4, 0.5) is 5.69 Å². The van der Waals surface area contributed by atoms with E-state index in [0.717, 1.165) is 6.26 Å². The minimum Gasteiger partial charge on any atom is -0.347 e. The maximum Gasteiger partial charge on any atom is 0.177 e. The molecule has 19 heavy (non-hydrogen) atoms. The molecule has 0 spiro atoms. The lowest BCUT2D eigenvalue weighted by molar-refractivity contribution is 0.602. The van der Waals surface area contributed by atoms with Gasteiger partial charge in [-0.2, -0.15) is 17.9 Å². The van der Waals surface area contributed by atoms with Crippen LogP contribution < -0.4 is 10.0 Å². The number of nitriles is 1. The first kappa shape index (κ1) is 14.3. The average Bonchev–Trinajstić information content (AvgIpc) is 2.69. The van der Waals surface area contributed by atoms with E-state index in [4.69, 9.17) is 5.26 Å². The van der Waals surface area contributed by atoms with Crippen molar-refractivity contribution in [2.75, 3.05) is 11.6 Å². The summed E-state index contributed by atoms with van der Waals surface area (Å²) < 4.78 is 26.3. The maximum atomic E-state index is 11.7. The van der Waals surface area contributed by atoms with Crippen LogP contribution in [0.25, 0.3) is 0 Å². The molecule has 1 aromatic rings. The Kier molecular flexibility index (Phi) is 4.10. The average molecular weight is 313 g/mol. The molecule has 1 aliphatic rings. The lowest BCUT2D eigenvalue weighted by atomic mass is 10.3. The summed E-state index contributed by atoms with van der Waals surface area (Å²) in [5.41, 5.74) is 0.890. The number of thiol groups is 1. The van der Waals surface area contributed by atoms with Gasteiger partial charge >= 0.3 is 0 Å². The van der Waals surface area contributed by atoms with Gasteiger partial charge in [-0.25, -0.2) is 13.1 Å². The zero-order valence-corrected chi connectivity index (χ0v) is 12.4. The van der Waals surface area contributed by atoms with E-state index in [0.29, 0.717) is 16.3 Å². The number of sulfone groups is 1. The van der Waals surface area contributed by atoms with Crippen LogP contribution in [0.5, 0.6) is 0 Å². The van der Waals surface area contributed by atoms with Crippen LogP contribution in [0.15, 0.2) is 39.8 Å². The van der Waals surface area contributed by atoms with Crippen LogP contribution >= 0.6 is 24.6 Å². The number of para-hydroxylation sites is 1. The van der Waals surface area contributed by atoms with E-state index >= 15 is 0 Å². The van der Waals surface area contributed by atoms with Gasteiger partial charge in [-0.1, -0.05) is 12.1 Å². The van der Waals surface area contributed by atoms with E-state index < -0.39 is 9.84 Å². The summed E-state index contributed by atoms with van der Waals surface area (Å²) in [5.74, 6) is 0. The van der Waals surface area contributed by atoms with Gasteiger partial charge in [-0.05, 0) is 24.1 Å². The highest BCUT2D eigenvalue weighted by molar-refractivity contribution is 8.02. The fourth-order valence-electron chi connectivity index (χ4n) is 1.57. The Hall–Kier alpha value is -1.14. The predicted molar refractivity (Wildman–Crippen MR) is 79.3 cm³/mol. The summed E-state index contributed by atoms with van der Waals surface area (Å²) in [6, 6.07) is 8.62. The Balaban J connectivity index is 2.41. The summed E-state index contributed by atoms with van der Waals surface area (Å²) in [5, 5.41) is 12.2. The second-order valence-electron chi connectivity index (χ2n) is 3.87. The predicted octanol–water partition coefficient (Wildman–Crippen LogP) is 1.74. The van der Waals surface area contributed by atoms with Crippen molar-refractivity contribution in [2.24, 2.45) is 0 Å². The Morgan fingerprint density at radius 2 is 2.16 bits per heavy atom. The zero-order valence-electron chi connectivity index (χ0n) is 9.91. The van der Waals surface area contributed by atoms with Crippen molar-refractivity contribution in [1.29, 1.82) is 5.26 Å². The van der Waals surface area contributed by atoms with Gasteiger partial charge < -0.3 is 5.32 Å². The third-order valence-corrected chi connectivity index (χ3v) is 5.04. The van der Waals surface area contributed by atoms with Crippen molar-refractivity contribution in [3.8, 4) is 6.07 Å². The Morgan fingerprint density at radius 1 is 1.47 bits per heavy atom. The van der Waals surface area contributed by atoms with Crippen LogP contribution in [-0.2, 0) is 9.84 Å².